The fourth-order valence-corrected chi connectivity index (χ4v) is 3.76. The molecule has 3 aromatic rings. The van der Waals surface area contributed by atoms with E-state index in [2.05, 4.69) is 15.8 Å². The molecule has 0 atom stereocenters. The fraction of sp³-hybridized carbons (Fsp3) is 0.125. The van der Waals surface area contributed by atoms with Crippen LogP contribution in [0.15, 0.2) is 88.9 Å². The summed E-state index contributed by atoms with van der Waals surface area (Å²) < 4.78 is 0. The molecule has 0 bridgehead atoms. The van der Waals surface area contributed by atoms with Crippen LogP contribution in [0.4, 0.5) is 5.69 Å². The zero-order valence-electron chi connectivity index (χ0n) is 17.0. The summed E-state index contributed by atoms with van der Waals surface area (Å²) >= 11 is 7.58. The topological polar surface area (TPSA) is 70.6 Å². The first-order chi connectivity index (χ1) is 15.0. The first-order valence-electron chi connectivity index (χ1n) is 9.69. The molecule has 158 valence electrons. The minimum absolute atomic E-state index is 0.145. The van der Waals surface area contributed by atoms with Crippen LogP contribution in [-0.2, 0) is 4.79 Å². The van der Waals surface area contributed by atoms with E-state index < -0.39 is 0 Å². The van der Waals surface area contributed by atoms with Gasteiger partial charge in [0.05, 0.1) is 5.71 Å². The lowest BCUT2D eigenvalue weighted by atomic mass is 10.1. The lowest BCUT2D eigenvalue weighted by Gasteiger charge is -2.08. The van der Waals surface area contributed by atoms with Crippen molar-refractivity contribution in [3.63, 3.8) is 0 Å². The molecule has 0 fully saturated rings. The fourth-order valence-electron chi connectivity index (χ4n) is 2.70. The van der Waals surface area contributed by atoms with Crippen molar-refractivity contribution in [3.8, 4) is 0 Å². The third kappa shape index (κ3) is 7.27. The summed E-state index contributed by atoms with van der Waals surface area (Å²) in [5.41, 5.74) is 5.13. The van der Waals surface area contributed by atoms with Gasteiger partial charge in [-0.15, -0.1) is 11.8 Å². The molecule has 7 heteroatoms. The molecule has 2 amide bonds. The van der Waals surface area contributed by atoms with Crippen molar-refractivity contribution in [2.24, 2.45) is 5.10 Å². The SMILES string of the molecule is C/C(=N/NC(=O)CCSc1ccccc1)c1cccc(NC(=O)c2cccc(Cl)c2)c1. The largest absolute Gasteiger partial charge is 0.322 e. The quantitative estimate of drug-likeness (QED) is 0.265. The highest BCUT2D eigenvalue weighted by molar-refractivity contribution is 7.99. The molecule has 0 aromatic heterocycles. The Balaban J connectivity index is 1.53. The molecule has 5 nitrogen and oxygen atoms in total. The number of amides is 2. The van der Waals surface area contributed by atoms with Crippen LogP contribution in [0, 0.1) is 0 Å². The molecule has 0 aliphatic rings. The van der Waals surface area contributed by atoms with Crippen molar-refractivity contribution >= 4 is 46.6 Å². The third-order valence-electron chi connectivity index (χ3n) is 4.31. The highest BCUT2D eigenvalue weighted by Crippen LogP contribution is 2.18. The smallest absolute Gasteiger partial charge is 0.255 e. The maximum atomic E-state index is 12.4. The predicted octanol–water partition coefficient (Wildman–Crippen LogP) is 5.61. The summed E-state index contributed by atoms with van der Waals surface area (Å²) in [6.07, 6.45) is 0.367. The number of carbonyl (C=O) groups excluding carboxylic acids is 2. The summed E-state index contributed by atoms with van der Waals surface area (Å²) in [5.74, 6) is 0.279. The van der Waals surface area contributed by atoms with Crippen LogP contribution in [0.1, 0.15) is 29.3 Å². The van der Waals surface area contributed by atoms with Crippen LogP contribution < -0.4 is 10.7 Å². The Kier molecular flexibility index (Phi) is 8.27. The van der Waals surface area contributed by atoms with Crippen molar-refractivity contribution in [1.82, 2.24) is 5.43 Å². The lowest BCUT2D eigenvalue weighted by molar-refractivity contribution is -0.120. The first-order valence-corrected chi connectivity index (χ1v) is 11.1. The van der Waals surface area contributed by atoms with Gasteiger partial charge in [0.15, 0.2) is 0 Å². The van der Waals surface area contributed by atoms with Crippen molar-refractivity contribution in [1.29, 1.82) is 0 Å². The monoisotopic (exact) mass is 451 g/mol. The van der Waals surface area contributed by atoms with E-state index in [9.17, 15) is 9.59 Å². The van der Waals surface area contributed by atoms with E-state index in [0.29, 0.717) is 34.2 Å². The molecule has 3 rings (SSSR count). The maximum Gasteiger partial charge on any atom is 0.255 e. The number of hydrogen-bond acceptors (Lipinski definition) is 4. The molecule has 0 spiro atoms. The van der Waals surface area contributed by atoms with Crippen molar-refractivity contribution < 1.29 is 9.59 Å². The lowest BCUT2D eigenvalue weighted by Crippen LogP contribution is -2.19. The average molecular weight is 452 g/mol. The number of nitrogens with one attached hydrogen (secondary N) is 2. The van der Waals surface area contributed by atoms with Gasteiger partial charge in [-0.2, -0.15) is 5.10 Å². The van der Waals surface area contributed by atoms with Crippen LogP contribution in [0.2, 0.25) is 5.02 Å². The molecular formula is C24H22ClN3O2S. The Morgan fingerprint density at radius 3 is 2.45 bits per heavy atom. The van der Waals surface area contributed by atoms with E-state index in [1.165, 1.54) is 0 Å². The van der Waals surface area contributed by atoms with Gasteiger partial charge in [0, 0.05) is 33.3 Å². The molecule has 3 aromatic carbocycles. The normalized spacial score (nSPS) is 11.1. The highest BCUT2D eigenvalue weighted by atomic mass is 35.5. The van der Waals surface area contributed by atoms with Crippen LogP contribution in [0.5, 0.6) is 0 Å². The van der Waals surface area contributed by atoms with Crippen molar-refractivity contribution in [2.45, 2.75) is 18.2 Å². The van der Waals surface area contributed by atoms with Gasteiger partial charge < -0.3 is 5.32 Å². The number of halogens is 1. The van der Waals surface area contributed by atoms with Crippen LogP contribution in [0.25, 0.3) is 0 Å². The maximum absolute atomic E-state index is 12.4. The standard InChI is InChI=1S/C24H22ClN3O2S/c1-17(27-28-23(29)13-14-31-22-11-3-2-4-12-22)18-7-6-10-21(16-18)26-24(30)19-8-5-9-20(25)15-19/h2-12,15-16H,13-14H2,1H3,(H,26,30)(H,28,29)/b27-17-. The van der Waals surface area contributed by atoms with E-state index in [-0.39, 0.29) is 11.8 Å². The second kappa shape index (κ2) is 11.3. The number of carbonyl (C=O) groups is 2. The number of hydrazone groups is 1. The second-order valence-corrected chi connectivity index (χ2v) is 8.29. The Labute approximate surface area is 190 Å². The molecule has 0 radical (unpaired) electrons. The van der Waals surface area contributed by atoms with Gasteiger partial charge in [0.25, 0.3) is 5.91 Å². The van der Waals surface area contributed by atoms with Crippen LogP contribution in [-0.4, -0.2) is 23.3 Å². The molecule has 0 unspecified atom stereocenters. The summed E-state index contributed by atoms with van der Waals surface area (Å²) in [7, 11) is 0. The zero-order chi connectivity index (χ0) is 22.1. The predicted molar refractivity (Wildman–Crippen MR) is 128 cm³/mol. The number of rotatable bonds is 8. The number of nitrogens with zero attached hydrogens (tertiary/aromatic N) is 1. The van der Waals surface area contributed by atoms with Gasteiger partial charge in [-0.05, 0) is 55.0 Å². The van der Waals surface area contributed by atoms with Gasteiger partial charge >= 0.3 is 0 Å². The molecule has 0 saturated carbocycles. The Morgan fingerprint density at radius 2 is 1.68 bits per heavy atom. The summed E-state index contributed by atoms with van der Waals surface area (Å²) in [4.78, 5) is 25.6. The van der Waals surface area contributed by atoms with E-state index in [4.69, 9.17) is 11.6 Å². The van der Waals surface area contributed by atoms with E-state index in [1.54, 1.807) is 55.1 Å². The van der Waals surface area contributed by atoms with Crippen LogP contribution in [0.3, 0.4) is 0 Å². The third-order valence-corrected chi connectivity index (χ3v) is 5.56. The molecule has 0 aliphatic heterocycles. The number of benzene rings is 3. The molecule has 0 heterocycles. The summed E-state index contributed by atoms with van der Waals surface area (Å²) in [6.45, 7) is 1.80. The zero-order valence-corrected chi connectivity index (χ0v) is 18.5. The summed E-state index contributed by atoms with van der Waals surface area (Å²) in [5, 5.41) is 7.54. The minimum atomic E-state index is -0.251. The molecule has 0 saturated heterocycles. The van der Waals surface area contributed by atoms with E-state index in [1.807, 2.05) is 42.5 Å². The van der Waals surface area contributed by atoms with Gasteiger partial charge in [-0.25, -0.2) is 5.43 Å². The number of anilines is 1. The Bertz CT molecular complexity index is 1090. The molecule has 31 heavy (non-hydrogen) atoms. The second-order valence-electron chi connectivity index (χ2n) is 6.69. The van der Waals surface area contributed by atoms with Crippen molar-refractivity contribution in [3.05, 3.63) is 95.0 Å². The van der Waals surface area contributed by atoms with Crippen molar-refractivity contribution in [2.75, 3.05) is 11.1 Å². The minimum Gasteiger partial charge on any atom is -0.322 e. The van der Waals surface area contributed by atoms with Gasteiger partial charge in [-0.3, -0.25) is 9.59 Å². The molecule has 0 aliphatic carbocycles. The van der Waals surface area contributed by atoms with Crippen LogP contribution >= 0.6 is 23.4 Å². The van der Waals surface area contributed by atoms with E-state index >= 15 is 0 Å². The van der Waals surface area contributed by atoms with E-state index in [0.717, 1.165) is 10.5 Å². The van der Waals surface area contributed by atoms with Gasteiger partial charge in [0.2, 0.25) is 5.91 Å². The highest BCUT2D eigenvalue weighted by Gasteiger charge is 2.08. The Hall–Kier alpha value is -3.09. The number of hydrogen-bond donors (Lipinski definition) is 2. The van der Waals surface area contributed by atoms with Gasteiger partial charge in [0.1, 0.15) is 0 Å². The number of thioether (sulfide) groups is 1. The average Bonchev–Trinajstić information content (AvgIpc) is 2.78. The summed E-state index contributed by atoms with van der Waals surface area (Å²) in [6, 6.07) is 24.0. The first kappa shape index (κ1) is 22.6. The van der Waals surface area contributed by atoms with Gasteiger partial charge in [-0.1, -0.05) is 48.0 Å². The molecular weight excluding hydrogens is 430 g/mol. The molecule has 2 N–H and O–H groups in total. The Morgan fingerprint density at radius 1 is 0.935 bits per heavy atom.